The third-order valence-corrected chi connectivity index (χ3v) is 5.86. The van der Waals surface area contributed by atoms with Crippen molar-refractivity contribution in [2.75, 3.05) is 45.2 Å². The van der Waals surface area contributed by atoms with Crippen molar-refractivity contribution in [3.63, 3.8) is 0 Å². The van der Waals surface area contributed by atoms with E-state index in [1.54, 1.807) is 22.7 Å². The molecule has 3 rings (SSSR count). The van der Waals surface area contributed by atoms with Gasteiger partial charge in [0.25, 0.3) is 11.8 Å². The van der Waals surface area contributed by atoms with E-state index in [1.165, 1.54) is 0 Å². The first-order chi connectivity index (χ1) is 12.1. The molecule has 2 aliphatic rings. The van der Waals surface area contributed by atoms with E-state index in [0.717, 1.165) is 43.1 Å². The number of thioether (sulfide) groups is 1. The number of ether oxygens (including phenoxy) is 1. The van der Waals surface area contributed by atoms with Crippen LogP contribution in [0.15, 0.2) is 23.1 Å². The van der Waals surface area contributed by atoms with Crippen LogP contribution in [0.3, 0.4) is 0 Å². The zero-order chi connectivity index (χ0) is 17.8. The summed E-state index contributed by atoms with van der Waals surface area (Å²) in [5.74, 6) is -0.0332. The standard InChI is InChI=1S/C18H25N3O3S/c1-3-4-7-20(2)17(23)13-5-6-15-14(12-13)19-16(22)18(25-15)21-8-10-24-11-9-21/h5-6,12,18H,3-4,7-11H2,1-2H3,(H,19,22). The van der Waals surface area contributed by atoms with Crippen LogP contribution in [0.25, 0.3) is 0 Å². The number of unbranched alkanes of at least 4 members (excludes halogenated alkanes) is 1. The Hall–Kier alpha value is -1.57. The van der Waals surface area contributed by atoms with Crippen molar-refractivity contribution >= 4 is 29.3 Å². The molecule has 1 N–H and O–H groups in total. The predicted molar refractivity (Wildman–Crippen MR) is 99.0 cm³/mol. The van der Waals surface area contributed by atoms with Gasteiger partial charge in [-0.3, -0.25) is 14.5 Å². The fraction of sp³-hybridized carbons (Fsp3) is 0.556. The van der Waals surface area contributed by atoms with Gasteiger partial charge in [0.05, 0.1) is 18.9 Å². The molecule has 7 heteroatoms. The summed E-state index contributed by atoms with van der Waals surface area (Å²) >= 11 is 1.55. The van der Waals surface area contributed by atoms with E-state index >= 15 is 0 Å². The second-order valence-electron chi connectivity index (χ2n) is 6.40. The van der Waals surface area contributed by atoms with Crippen molar-refractivity contribution in [1.82, 2.24) is 9.80 Å². The van der Waals surface area contributed by atoms with Gasteiger partial charge in [-0.1, -0.05) is 25.1 Å². The van der Waals surface area contributed by atoms with Gasteiger partial charge in [0, 0.05) is 37.1 Å². The van der Waals surface area contributed by atoms with Crippen LogP contribution in [0.2, 0.25) is 0 Å². The quantitative estimate of drug-likeness (QED) is 0.869. The maximum absolute atomic E-state index is 12.5. The highest BCUT2D eigenvalue weighted by Crippen LogP contribution is 2.37. The summed E-state index contributed by atoms with van der Waals surface area (Å²) in [6.45, 7) is 5.70. The number of rotatable bonds is 5. The van der Waals surface area contributed by atoms with Gasteiger partial charge in [-0.25, -0.2) is 0 Å². The summed E-state index contributed by atoms with van der Waals surface area (Å²) in [5, 5.41) is 2.74. The molecule has 2 aliphatic heterocycles. The van der Waals surface area contributed by atoms with Crippen molar-refractivity contribution in [3.05, 3.63) is 23.8 Å². The Labute approximate surface area is 152 Å². The van der Waals surface area contributed by atoms with Gasteiger partial charge in [0.15, 0.2) is 0 Å². The Morgan fingerprint density at radius 2 is 2.16 bits per heavy atom. The average molecular weight is 363 g/mol. The Balaban J connectivity index is 1.72. The van der Waals surface area contributed by atoms with Crippen molar-refractivity contribution in [1.29, 1.82) is 0 Å². The molecule has 1 saturated heterocycles. The Morgan fingerprint density at radius 3 is 2.88 bits per heavy atom. The lowest BCUT2D eigenvalue weighted by molar-refractivity contribution is -0.119. The summed E-state index contributed by atoms with van der Waals surface area (Å²) in [4.78, 5) is 29.9. The van der Waals surface area contributed by atoms with E-state index < -0.39 is 0 Å². The molecule has 0 aromatic heterocycles. The highest BCUT2D eigenvalue weighted by atomic mass is 32.2. The number of carbonyl (C=O) groups excluding carboxylic acids is 2. The molecule has 1 aromatic carbocycles. The molecular formula is C18H25N3O3S. The van der Waals surface area contributed by atoms with E-state index in [4.69, 9.17) is 4.74 Å². The van der Waals surface area contributed by atoms with Gasteiger partial charge >= 0.3 is 0 Å². The first kappa shape index (κ1) is 18.2. The fourth-order valence-electron chi connectivity index (χ4n) is 3.00. The number of morpholine rings is 1. The van der Waals surface area contributed by atoms with E-state index in [2.05, 4.69) is 17.1 Å². The van der Waals surface area contributed by atoms with Crippen LogP contribution in [0.5, 0.6) is 0 Å². The van der Waals surface area contributed by atoms with Crippen LogP contribution >= 0.6 is 11.8 Å². The van der Waals surface area contributed by atoms with Crippen LogP contribution in [0.1, 0.15) is 30.1 Å². The average Bonchev–Trinajstić information content (AvgIpc) is 2.65. The monoisotopic (exact) mass is 363 g/mol. The van der Waals surface area contributed by atoms with Crippen LogP contribution in [0, 0.1) is 0 Å². The highest BCUT2D eigenvalue weighted by molar-refractivity contribution is 8.00. The first-order valence-electron chi connectivity index (χ1n) is 8.79. The topological polar surface area (TPSA) is 61.9 Å². The number of amides is 2. The number of hydrogen-bond donors (Lipinski definition) is 1. The van der Waals surface area contributed by atoms with Crippen LogP contribution < -0.4 is 5.32 Å². The summed E-state index contributed by atoms with van der Waals surface area (Å²) in [6, 6.07) is 5.58. The first-order valence-corrected chi connectivity index (χ1v) is 9.67. The summed E-state index contributed by atoms with van der Waals surface area (Å²) in [6.07, 6.45) is 2.04. The number of fused-ring (bicyclic) bond motifs is 1. The lowest BCUT2D eigenvalue weighted by atomic mass is 10.1. The molecule has 0 spiro atoms. The molecular weight excluding hydrogens is 338 g/mol. The smallest absolute Gasteiger partial charge is 0.253 e. The van der Waals surface area contributed by atoms with Gasteiger partial charge in [-0.15, -0.1) is 0 Å². The van der Waals surface area contributed by atoms with Crippen molar-refractivity contribution < 1.29 is 14.3 Å². The molecule has 6 nitrogen and oxygen atoms in total. The number of benzene rings is 1. The normalized spacial score (nSPS) is 20.7. The molecule has 2 heterocycles. The molecule has 25 heavy (non-hydrogen) atoms. The van der Waals surface area contributed by atoms with Crippen LogP contribution in [-0.2, 0) is 9.53 Å². The minimum atomic E-state index is -0.231. The molecule has 0 aliphatic carbocycles. The van der Waals surface area contributed by atoms with E-state index in [1.807, 2.05) is 19.2 Å². The minimum absolute atomic E-state index is 0.00852. The molecule has 1 atom stereocenters. The third kappa shape index (κ3) is 4.16. The summed E-state index contributed by atoms with van der Waals surface area (Å²) < 4.78 is 5.36. The van der Waals surface area contributed by atoms with Crippen LogP contribution in [0.4, 0.5) is 5.69 Å². The predicted octanol–water partition coefficient (Wildman–Crippen LogP) is 2.26. The lowest BCUT2D eigenvalue weighted by Crippen LogP contribution is -2.48. The van der Waals surface area contributed by atoms with E-state index in [9.17, 15) is 9.59 Å². The SMILES string of the molecule is CCCCN(C)C(=O)c1ccc2c(c1)NC(=O)C(N1CCOCC1)S2. The summed E-state index contributed by atoms with van der Waals surface area (Å²) in [5.41, 5.74) is 1.34. The number of nitrogens with one attached hydrogen (secondary N) is 1. The maximum Gasteiger partial charge on any atom is 0.253 e. The number of hydrogen-bond acceptors (Lipinski definition) is 5. The highest BCUT2D eigenvalue weighted by Gasteiger charge is 2.33. The number of carbonyl (C=O) groups is 2. The molecule has 1 fully saturated rings. The molecule has 2 amide bonds. The van der Waals surface area contributed by atoms with Crippen LogP contribution in [-0.4, -0.2) is 66.9 Å². The van der Waals surface area contributed by atoms with E-state index in [-0.39, 0.29) is 17.2 Å². The second-order valence-corrected chi connectivity index (χ2v) is 7.52. The Kier molecular flexibility index (Phi) is 5.98. The van der Waals surface area contributed by atoms with E-state index in [0.29, 0.717) is 18.8 Å². The zero-order valence-electron chi connectivity index (χ0n) is 14.8. The molecule has 1 aromatic rings. The van der Waals surface area contributed by atoms with Crippen molar-refractivity contribution in [3.8, 4) is 0 Å². The minimum Gasteiger partial charge on any atom is -0.379 e. The van der Waals surface area contributed by atoms with Gasteiger partial charge in [0.2, 0.25) is 0 Å². The Morgan fingerprint density at radius 1 is 1.40 bits per heavy atom. The second kappa shape index (κ2) is 8.21. The lowest BCUT2D eigenvalue weighted by Gasteiger charge is -2.35. The largest absolute Gasteiger partial charge is 0.379 e. The molecule has 0 radical (unpaired) electrons. The molecule has 1 unspecified atom stereocenters. The number of nitrogens with zero attached hydrogens (tertiary/aromatic N) is 2. The van der Waals surface area contributed by atoms with Gasteiger partial charge < -0.3 is 15.0 Å². The van der Waals surface area contributed by atoms with Crippen molar-refractivity contribution in [2.24, 2.45) is 0 Å². The van der Waals surface area contributed by atoms with Gasteiger partial charge in [0.1, 0.15) is 5.37 Å². The molecule has 0 bridgehead atoms. The van der Waals surface area contributed by atoms with Gasteiger partial charge in [-0.2, -0.15) is 0 Å². The summed E-state index contributed by atoms with van der Waals surface area (Å²) in [7, 11) is 1.82. The molecule has 0 saturated carbocycles. The number of anilines is 1. The molecule has 136 valence electrons. The fourth-order valence-corrected chi connectivity index (χ4v) is 4.15. The van der Waals surface area contributed by atoms with Crippen molar-refractivity contribution in [2.45, 2.75) is 30.0 Å². The Bertz CT molecular complexity index is 646. The van der Waals surface area contributed by atoms with Gasteiger partial charge in [-0.05, 0) is 24.6 Å². The zero-order valence-corrected chi connectivity index (χ0v) is 15.6. The third-order valence-electron chi connectivity index (χ3n) is 4.52. The maximum atomic E-state index is 12.5.